The van der Waals surface area contributed by atoms with Crippen LogP contribution in [0.25, 0.3) is 0 Å². The molecule has 0 atom stereocenters. The van der Waals surface area contributed by atoms with Crippen LogP contribution in [-0.4, -0.2) is 31.1 Å². The summed E-state index contributed by atoms with van der Waals surface area (Å²) < 4.78 is 0. The van der Waals surface area contributed by atoms with E-state index in [1.165, 1.54) is 38.0 Å². The minimum atomic E-state index is 0. The predicted molar refractivity (Wildman–Crippen MR) is 80.2 cm³/mol. The lowest BCUT2D eigenvalue weighted by molar-refractivity contribution is 0.207. The zero-order chi connectivity index (χ0) is 11.9. The number of benzene rings is 1. The van der Waals surface area contributed by atoms with Gasteiger partial charge in [-0.05, 0) is 44.0 Å². The fourth-order valence-electron chi connectivity index (χ4n) is 2.58. The van der Waals surface area contributed by atoms with Crippen LogP contribution in [0.5, 0.6) is 0 Å². The van der Waals surface area contributed by atoms with E-state index >= 15 is 0 Å². The first-order valence-corrected chi connectivity index (χ1v) is 6.85. The summed E-state index contributed by atoms with van der Waals surface area (Å²) >= 11 is 0. The van der Waals surface area contributed by atoms with Crippen molar-refractivity contribution in [2.75, 3.05) is 26.2 Å². The average Bonchev–Trinajstić information content (AvgIpc) is 2.40. The van der Waals surface area contributed by atoms with E-state index in [1.54, 1.807) is 0 Å². The van der Waals surface area contributed by atoms with Gasteiger partial charge >= 0.3 is 0 Å². The molecular weight excluding hydrogens is 244 g/mol. The standard InChI is InChI=1S/C15H24N2.ClH/c1-2-17(12-14-6-4-3-5-7-14)13-15-8-10-16-11-9-15;/h3-7,15-16H,2,8-13H2,1H3;1H. The Morgan fingerprint density at radius 2 is 1.83 bits per heavy atom. The van der Waals surface area contributed by atoms with Gasteiger partial charge in [-0.1, -0.05) is 37.3 Å². The van der Waals surface area contributed by atoms with Crippen molar-refractivity contribution in [1.29, 1.82) is 0 Å². The second-order valence-electron chi connectivity index (χ2n) is 5.01. The lowest BCUT2D eigenvalue weighted by atomic mass is 9.97. The Morgan fingerprint density at radius 3 is 2.44 bits per heavy atom. The Balaban J connectivity index is 0.00000162. The van der Waals surface area contributed by atoms with Crippen LogP contribution in [0.2, 0.25) is 0 Å². The maximum atomic E-state index is 3.44. The molecule has 1 aliphatic heterocycles. The van der Waals surface area contributed by atoms with Crippen molar-refractivity contribution in [3.05, 3.63) is 35.9 Å². The molecule has 1 aromatic rings. The Labute approximate surface area is 117 Å². The van der Waals surface area contributed by atoms with E-state index in [4.69, 9.17) is 0 Å². The number of hydrogen-bond acceptors (Lipinski definition) is 2. The first-order chi connectivity index (χ1) is 8.38. The first kappa shape index (κ1) is 15.5. The van der Waals surface area contributed by atoms with Gasteiger partial charge in [0.15, 0.2) is 0 Å². The molecule has 1 aliphatic rings. The van der Waals surface area contributed by atoms with Crippen molar-refractivity contribution in [2.24, 2.45) is 5.92 Å². The topological polar surface area (TPSA) is 15.3 Å². The minimum Gasteiger partial charge on any atom is -0.317 e. The Bertz CT molecular complexity index is 310. The van der Waals surface area contributed by atoms with Gasteiger partial charge in [0.25, 0.3) is 0 Å². The van der Waals surface area contributed by atoms with Crippen LogP contribution in [0.15, 0.2) is 30.3 Å². The summed E-state index contributed by atoms with van der Waals surface area (Å²) in [6.07, 6.45) is 2.68. The van der Waals surface area contributed by atoms with Gasteiger partial charge in [0, 0.05) is 13.1 Å². The highest BCUT2D eigenvalue weighted by atomic mass is 35.5. The van der Waals surface area contributed by atoms with E-state index < -0.39 is 0 Å². The van der Waals surface area contributed by atoms with Gasteiger partial charge in [-0.2, -0.15) is 0 Å². The lowest BCUT2D eigenvalue weighted by Gasteiger charge is -2.29. The molecular formula is C15H25ClN2. The largest absolute Gasteiger partial charge is 0.317 e. The summed E-state index contributed by atoms with van der Waals surface area (Å²) in [5.41, 5.74) is 1.43. The Kier molecular flexibility index (Phi) is 7.33. The highest BCUT2D eigenvalue weighted by Gasteiger charge is 2.16. The minimum absolute atomic E-state index is 0. The molecule has 0 saturated carbocycles. The van der Waals surface area contributed by atoms with Crippen LogP contribution in [-0.2, 0) is 6.54 Å². The number of nitrogens with one attached hydrogen (secondary N) is 1. The molecule has 1 N–H and O–H groups in total. The molecule has 2 nitrogen and oxygen atoms in total. The number of piperidine rings is 1. The van der Waals surface area contributed by atoms with Gasteiger partial charge in [0.1, 0.15) is 0 Å². The van der Waals surface area contributed by atoms with E-state index in [0.717, 1.165) is 19.0 Å². The monoisotopic (exact) mass is 268 g/mol. The van der Waals surface area contributed by atoms with Crippen LogP contribution in [0.3, 0.4) is 0 Å². The SMILES string of the molecule is CCN(Cc1ccccc1)CC1CCNCC1.Cl. The second kappa shape index (κ2) is 8.52. The average molecular weight is 269 g/mol. The molecule has 1 heterocycles. The van der Waals surface area contributed by atoms with E-state index in [-0.39, 0.29) is 12.4 Å². The highest BCUT2D eigenvalue weighted by molar-refractivity contribution is 5.85. The number of halogens is 1. The van der Waals surface area contributed by atoms with Crippen LogP contribution in [0.1, 0.15) is 25.3 Å². The van der Waals surface area contributed by atoms with E-state index in [2.05, 4.69) is 47.5 Å². The van der Waals surface area contributed by atoms with Crippen LogP contribution < -0.4 is 5.32 Å². The van der Waals surface area contributed by atoms with Gasteiger partial charge in [-0.25, -0.2) is 0 Å². The van der Waals surface area contributed by atoms with Crippen molar-refractivity contribution in [2.45, 2.75) is 26.3 Å². The van der Waals surface area contributed by atoms with Crippen molar-refractivity contribution in [3.63, 3.8) is 0 Å². The molecule has 102 valence electrons. The first-order valence-electron chi connectivity index (χ1n) is 6.85. The van der Waals surface area contributed by atoms with Crippen molar-refractivity contribution < 1.29 is 0 Å². The summed E-state index contributed by atoms with van der Waals surface area (Å²) in [6, 6.07) is 10.8. The van der Waals surface area contributed by atoms with Crippen LogP contribution in [0, 0.1) is 5.92 Å². The molecule has 0 amide bonds. The molecule has 0 aliphatic carbocycles. The summed E-state index contributed by atoms with van der Waals surface area (Å²) in [5.74, 6) is 0.889. The normalized spacial score (nSPS) is 16.6. The molecule has 0 radical (unpaired) electrons. The number of rotatable bonds is 5. The van der Waals surface area contributed by atoms with Gasteiger partial charge in [-0.15, -0.1) is 12.4 Å². The number of hydrogen-bond donors (Lipinski definition) is 1. The molecule has 18 heavy (non-hydrogen) atoms. The molecule has 1 aromatic carbocycles. The lowest BCUT2D eigenvalue weighted by Crippen LogP contribution is -2.35. The molecule has 0 bridgehead atoms. The smallest absolute Gasteiger partial charge is 0.0233 e. The van der Waals surface area contributed by atoms with Gasteiger partial charge in [-0.3, -0.25) is 4.90 Å². The summed E-state index contributed by atoms with van der Waals surface area (Å²) in [5, 5.41) is 3.44. The zero-order valence-electron chi connectivity index (χ0n) is 11.3. The van der Waals surface area contributed by atoms with Crippen molar-refractivity contribution in [1.82, 2.24) is 10.2 Å². The molecule has 0 unspecified atom stereocenters. The van der Waals surface area contributed by atoms with Gasteiger partial charge in [0.05, 0.1) is 0 Å². The maximum Gasteiger partial charge on any atom is 0.0233 e. The third kappa shape index (κ3) is 4.97. The van der Waals surface area contributed by atoms with Crippen LogP contribution in [0.4, 0.5) is 0 Å². The maximum absolute atomic E-state index is 3.44. The fourth-order valence-corrected chi connectivity index (χ4v) is 2.58. The molecule has 2 rings (SSSR count). The number of nitrogens with zero attached hydrogens (tertiary/aromatic N) is 1. The van der Waals surface area contributed by atoms with E-state index in [9.17, 15) is 0 Å². The third-order valence-electron chi connectivity index (χ3n) is 3.67. The van der Waals surface area contributed by atoms with Crippen LogP contribution >= 0.6 is 12.4 Å². The molecule has 3 heteroatoms. The predicted octanol–water partition coefficient (Wildman–Crippen LogP) is 2.93. The van der Waals surface area contributed by atoms with E-state index in [1.807, 2.05) is 0 Å². The Hall–Kier alpha value is -0.570. The molecule has 0 spiro atoms. The molecule has 0 aromatic heterocycles. The quantitative estimate of drug-likeness (QED) is 0.883. The second-order valence-corrected chi connectivity index (χ2v) is 5.01. The summed E-state index contributed by atoms with van der Waals surface area (Å²) in [4.78, 5) is 2.57. The summed E-state index contributed by atoms with van der Waals surface area (Å²) in [7, 11) is 0. The molecule has 1 fully saturated rings. The van der Waals surface area contributed by atoms with E-state index in [0.29, 0.717) is 0 Å². The zero-order valence-corrected chi connectivity index (χ0v) is 12.1. The Morgan fingerprint density at radius 1 is 1.17 bits per heavy atom. The highest BCUT2D eigenvalue weighted by Crippen LogP contribution is 2.15. The van der Waals surface area contributed by atoms with Gasteiger partial charge < -0.3 is 5.32 Å². The van der Waals surface area contributed by atoms with Gasteiger partial charge in [0.2, 0.25) is 0 Å². The van der Waals surface area contributed by atoms with Crippen molar-refractivity contribution >= 4 is 12.4 Å². The molecule has 1 saturated heterocycles. The fraction of sp³-hybridized carbons (Fsp3) is 0.600. The third-order valence-corrected chi connectivity index (χ3v) is 3.67. The summed E-state index contributed by atoms with van der Waals surface area (Å²) in [6.45, 7) is 8.18. The van der Waals surface area contributed by atoms with Crippen molar-refractivity contribution in [3.8, 4) is 0 Å².